The summed E-state index contributed by atoms with van der Waals surface area (Å²) < 4.78 is 11.9. The minimum atomic E-state index is -0.344. The normalized spacial score (nSPS) is 14.5. The zero-order chi connectivity index (χ0) is 19.8. The van der Waals surface area contributed by atoms with Gasteiger partial charge in [0.25, 0.3) is 5.56 Å². The molecule has 1 aliphatic carbocycles. The molecule has 2 aliphatic rings. The maximum Gasteiger partial charge on any atom is 0.267 e. The summed E-state index contributed by atoms with van der Waals surface area (Å²) in [6.07, 6.45) is 4.27. The van der Waals surface area contributed by atoms with Crippen LogP contribution in [0, 0.1) is 0 Å². The van der Waals surface area contributed by atoms with Crippen molar-refractivity contribution in [2.24, 2.45) is 0 Å². The molecule has 148 valence electrons. The van der Waals surface area contributed by atoms with Gasteiger partial charge in [0.05, 0.1) is 11.4 Å². The predicted octanol–water partition coefficient (Wildman–Crippen LogP) is 2.61. The second kappa shape index (κ2) is 7.32. The number of aromatic nitrogens is 3. The van der Waals surface area contributed by atoms with Crippen LogP contribution in [0.4, 0.5) is 5.13 Å². The fraction of sp³-hybridized carbons (Fsp3) is 0.300. The molecule has 0 spiro atoms. The fourth-order valence-corrected chi connectivity index (χ4v) is 4.54. The van der Waals surface area contributed by atoms with Crippen molar-refractivity contribution in [1.82, 2.24) is 14.8 Å². The van der Waals surface area contributed by atoms with E-state index in [0.29, 0.717) is 22.3 Å². The zero-order valence-corrected chi connectivity index (χ0v) is 16.3. The number of rotatable bonds is 4. The highest BCUT2D eigenvalue weighted by atomic mass is 32.1. The number of aryl methyl sites for hydroxylation is 2. The van der Waals surface area contributed by atoms with E-state index in [1.807, 2.05) is 6.07 Å². The molecular weight excluding hydrogens is 392 g/mol. The molecule has 0 saturated carbocycles. The maximum atomic E-state index is 12.5. The van der Waals surface area contributed by atoms with E-state index in [1.165, 1.54) is 22.3 Å². The Kier molecular flexibility index (Phi) is 4.51. The van der Waals surface area contributed by atoms with Crippen molar-refractivity contribution in [2.45, 2.75) is 32.2 Å². The van der Waals surface area contributed by atoms with Crippen LogP contribution in [0.5, 0.6) is 11.5 Å². The van der Waals surface area contributed by atoms with Gasteiger partial charge in [0.1, 0.15) is 6.54 Å². The van der Waals surface area contributed by atoms with Crippen molar-refractivity contribution in [3.63, 3.8) is 0 Å². The van der Waals surface area contributed by atoms with E-state index < -0.39 is 0 Å². The number of amides is 1. The number of carbonyl (C=O) groups is 1. The van der Waals surface area contributed by atoms with Crippen molar-refractivity contribution in [2.75, 3.05) is 12.1 Å². The van der Waals surface area contributed by atoms with Crippen molar-refractivity contribution in [3.05, 3.63) is 51.3 Å². The SMILES string of the molecule is O=C(Cn1nc(-c2ccc3c(c2)OCO3)ccc1=O)Nc1nc2c(s1)CCCC2. The molecule has 2 aromatic heterocycles. The molecule has 1 amide bonds. The number of benzene rings is 1. The van der Waals surface area contributed by atoms with Crippen molar-refractivity contribution in [1.29, 1.82) is 0 Å². The van der Waals surface area contributed by atoms with Crippen LogP contribution >= 0.6 is 11.3 Å². The predicted molar refractivity (Wildman–Crippen MR) is 107 cm³/mol. The average Bonchev–Trinajstić information content (AvgIpc) is 3.34. The van der Waals surface area contributed by atoms with Gasteiger partial charge in [-0.3, -0.25) is 9.59 Å². The number of nitrogens with one attached hydrogen (secondary N) is 1. The van der Waals surface area contributed by atoms with Crippen LogP contribution in [0.15, 0.2) is 35.1 Å². The fourth-order valence-electron chi connectivity index (χ4n) is 3.47. The Morgan fingerprint density at radius 3 is 2.90 bits per heavy atom. The third-order valence-electron chi connectivity index (χ3n) is 4.92. The molecule has 0 radical (unpaired) electrons. The minimum Gasteiger partial charge on any atom is -0.454 e. The third-order valence-corrected chi connectivity index (χ3v) is 5.99. The molecule has 8 nitrogen and oxygen atoms in total. The molecule has 5 rings (SSSR count). The number of anilines is 1. The van der Waals surface area contributed by atoms with E-state index in [0.717, 1.165) is 41.6 Å². The molecule has 1 aliphatic heterocycles. The molecular formula is C20H18N4O4S. The van der Waals surface area contributed by atoms with Crippen molar-refractivity contribution < 1.29 is 14.3 Å². The summed E-state index contributed by atoms with van der Waals surface area (Å²) in [4.78, 5) is 30.4. The monoisotopic (exact) mass is 410 g/mol. The van der Waals surface area contributed by atoms with Crippen LogP contribution < -0.4 is 20.3 Å². The molecule has 3 aromatic rings. The van der Waals surface area contributed by atoms with E-state index in [4.69, 9.17) is 9.47 Å². The Bertz CT molecular complexity index is 1130. The van der Waals surface area contributed by atoms with Gasteiger partial charge in [-0.1, -0.05) is 0 Å². The van der Waals surface area contributed by atoms with E-state index in [2.05, 4.69) is 15.4 Å². The number of fused-ring (bicyclic) bond motifs is 2. The van der Waals surface area contributed by atoms with Crippen molar-refractivity contribution in [3.8, 4) is 22.8 Å². The summed E-state index contributed by atoms with van der Waals surface area (Å²) in [5.74, 6) is 0.980. The maximum absolute atomic E-state index is 12.5. The Labute approximate surface area is 170 Å². The van der Waals surface area contributed by atoms with Gasteiger partial charge >= 0.3 is 0 Å². The molecule has 3 heterocycles. The Morgan fingerprint density at radius 2 is 2.00 bits per heavy atom. The summed E-state index contributed by atoms with van der Waals surface area (Å²) in [5, 5.41) is 7.73. The second-order valence-electron chi connectivity index (χ2n) is 6.93. The quantitative estimate of drug-likeness (QED) is 0.710. The summed E-state index contributed by atoms with van der Waals surface area (Å²) in [5.41, 5.74) is 2.08. The van der Waals surface area contributed by atoms with E-state index >= 15 is 0 Å². The van der Waals surface area contributed by atoms with E-state index in [-0.39, 0.29) is 24.8 Å². The molecule has 0 unspecified atom stereocenters. The lowest BCUT2D eigenvalue weighted by Gasteiger charge is -2.07. The van der Waals surface area contributed by atoms with E-state index in [9.17, 15) is 9.59 Å². The van der Waals surface area contributed by atoms with Crippen LogP contribution in [-0.2, 0) is 24.2 Å². The number of carbonyl (C=O) groups excluding carboxylic acids is 1. The second-order valence-corrected chi connectivity index (χ2v) is 8.01. The lowest BCUT2D eigenvalue weighted by atomic mass is 10.0. The number of ether oxygens (including phenoxy) is 2. The first-order valence-electron chi connectivity index (χ1n) is 9.42. The van der Waals surface area contributed by atoms with Gasteiger partial charge in [-0.2, -0.15) is 5.10 Å². The lowest BCUT2D eigenvalue weighted by Crippen LogP contribution is -2.29. The minimum absolute atomic E-state index is 0.179. The summed E-state index contributed by atoms with van der Waals surface area (Å²) in [6.45, 7) is 0.00748. The van der Waals surface area contributed by atoms with Gasteiger partial charge < -0.3 is 14.8 Å². The highest BCUT2D eigenvalue weighted by Crippen LogP contribution is 2.35. The number of thiazole rings is 1. The first-order valence-corrected chi connectivity index (χ1v) is 10.2. The van der Waals surface area contributed by atoms with Gasteiger partial charge in [0, 0.05) is 16.5 Å². The molecule has 0 fully saturated rings. The van der Waals surface area contributed by atoms with Gasteiger partial charge in [0.15, 0.2) is 16.6 Å². The molecule has 1 N–H and O–H groups in total. The average molecular weight is 410 g/mol. The highest BCUT2D eigenvalue weighted by molar-refractivity contribution is 7.15. The van der Waals surface area contributed by atoms with E-state index in [1.54, 1.807) is 18.2 Å². The zero-order valence-electron chi connectivity index (χ0n) is 15.5. The van der Waals surface area contributed by atoms with Gasteiger partial charge in [-0.05, 0) is 49.9 Å². The van der Waals surface area contributed by atoms with Crippen LogP contribution in [0.1, 0.15) is 23.4 Å². The molecule has 0 saturated heterocycles. The molecule has 9 heteroatoms. The topological polar surface area (TPSA) is 95.3 Å². The standard InChI is InChI=1S/C20H18N4O4S/c25-18(22-20-21-14-3-1-2-4-17(14)29-20)10-24-19(26)8-6-13(23-24)12-5-7-15-16(9-12)28-11-27-15/h5-9H,1-4,10-11H2,(H,21,22,25). The first kappa shape index (κ1) is 17.9. The van der Waals surface area contributed by atoms with Crippen LogP contribution in [0.3, 0.4) is 0 Å². The van der Waals surface area contributed by atoms with Gasteiger partial charge in [-0.15, -0.1) is 11.3 Å². The molecule has 1 aromatic carbocycles. The smallest absolute Gasteiger partial charge is 0.267 e. The highest BCUT2D eigenvalue weighted by Gasteiger charge is 2.18. The van der Waals surface area contributed by atoms with Gasteiger partial charge in [-0.25, -0.2) is 9.67 Å². The van der Waals surface area contributed by atoms with Crippen LogP contribution in [-0.4, -0.2) is 27.5 Å². The largest absolute Gasteiger partial charge is 0.454 e. The summed E-state index contributed by atoms with van der Waals surface area (Å²) in [7, 11) is 0. The summed E-state index contributed by atoms with van der Waals surface area (Å²) >= 11 is 1.51. The lowest BCUT2D eigenvalue weighted by molar-refractivity contribution is -0.117. The van der Waals surface area contributed by atoms with Gasteiger partial charge in [0.2, 0.25) is 12.7 Å². The Morgan fingerprint density at radius 1 is 1.14 bits per heavy atom. The van der Waals surface area contributed by atoms with Crippen LogP contribution in [0.2, 0.25) is 0 Å². The third kappa shape index (κ3) is 3.61. The van der Waals surface area contributed by atoms with Crippen molar-refractivity contribution >= 4 is 22.4 Å². The van der Waals surface area contributed by atoms with Crippen LogP contribution in [0.25, 0.3) is 11.3 Å². The number of hydrogen-bond donors (Lipinski definition) is 1. The molecule has 0 atom stereocenters. The first-order chi connectivity index (χ1) is 14.2. The summed E-state index contributed by atoms with van der Waals surface area (Å²) in [6, 6.07) is 8.47. The Balaban J connectivity index is 1.34. The number of hydrogen-bond acceptors (Lipinski definition) is 7. The molecule has 29 heavy (non-hydrogen) atoms. The Hall–Kier alpha value is -3.20. The number of nitrogens with zero attached hydrogens (tertiary/aromatic N) is 3. The molecule has 0 bridgehead atoms.